The molecule has 1 atom stereocenters. The molecule has 0 aliphatic carbocycles. The maximum absolute atomic E-state index is 12.9. The molecule has 0 bridgehead atoms. The highest BCUT2D eigenvalue weighted by atomic mass is 32.2. The van der Waals surface area contributed by atoms with Crippen LogP contribution in [0.15, 0.2) is 53.4 Å². The van der Waals surface area contributed by atoms with E-state index < -0.39 is 15.9 Å². The van der Waals surface area contributed by atoms with Crippen LogP contribution in [0.2, 0.25) is 0 Å². The monoisotopic (exact) mass is 383 g/mol. The molecule has 1 heterocycles. The molecule has 140 valence electrons. The van der Waals surface area contributed by atoms with Crippen molar-refractivity contribution in [3.8, 4) is 6.07 Å². The van der Waals surface area contributed by atoms with Crippen LogP contribution in [0.4, 0.5) is 5.69 Å². The van der Waals surface area contributed by atoms with Gasteiger partial charge in [0.05, 0.1) is 22.4 Å². The van der Waals surface area contributed by atoms with Gasteiger partial charge in [-0.3, -0.25) is 4.79 Å². The molecule has 1 amide bonds. The summed E-state index contributed by atoms with van der Waals surface area (Å²) in [6.45, 7) is 2.48. The lowest BCUT2D eigenvalue weighted by atomic mass is 9.98. The molecule has 1 unspecified atom stereocenters. The zero-order chi connectivity index (χ0) is 19.4. The molecule has 7 heteroatoms. The number of nitrogens with zero attached hydrogens (tertiary/aromatic N) is 2. The van der Waals surface area contributed by atoms with Crippen LogP contribution in [0.5, 0.6) is 0 Å². The molecule has 1 saturated heterocycles. The second kappa shape index (κ2) is 7.91. The maximum atomic E-state index is 12.9. The number of carbonyl (C=O) groups excluding carboxylic acids is 1. The largest absolute Gasteiger partial charge is 0.326 e. The fraction of sp³-hybridized carbons (Fsp3) is 0.300. The van der Waals surface area contributed by atoms with Gasteiger partial charge in [0, 0.05) is 18.8 Å². The van der Waals surface area contributed by atoms with Gasteiger partial charge in [-0.15, -0.1) is 0 Å². The highest BCUT2D eigenvalue weighted by molar-refractivity contribution is 7.89. The van der Waals surface area contributed by atoms with Crippen LogP contribution in [0.3, 0.4) is 0 Å². The molecular weight excluding hydrogens is 362 g/mol. The average molecular weight is 383 g/mol. The predicted molar refractivity (Wildman–Crippen MR) is 102 cm³/mol. The minimum Gasteiger partial charge on any atom is -0.326 e. The fourth-order valence-corrected chi connectivity index (χ4v) is 4.63. The summed E-state index contributed by atoms with van der Waals surface area (Å²) in [4.78, 5) is 12.8. The molecule has 0 saturated carbocycles. The van der Waals surface area contributed by atoms with Crippen LogP contribution in [-0.4, -0.2) is 31.7 Å². The first-order valence-electron chi connectivity index (χ1n) is 8.78. The number of sulfonamides is 1. The van der Waals surface area contributed by atoms with E-state index in [-0.39, 0.29) is 17.3 Å². The topological polar surface area (TPSA) is 90.3 Å². The first-order valence-corrected chi connectivity index (χ1v) is 10.2. The van der Waals surface area contributed by atoms with Gasteiger partial charge in [0.25, 0.3) is 0 Å². The van der Waals surface area contributed by atoms with E-state index in [0.29, 0.717) is 30.6 Å². The van der Waals surface area contributed by atoms with Crippen molar-refractivity contribution < 1.29 is 13.2 Å². The van der Waals surface area contributed by atoms with Gasteiger partial charge >= 0.3 is 0 Å². The Balaban J connectivity index is 1.70. The first kappa shape index (κ1) is 19.1. The van der Waals surface area contributed by atoms with Crippen LogP contribution in [-0.2, 0) is 14.8 Å². The minimum atomic E-state index is -3.61. The molecule has 2 aromatic rings. The Morgan fingerprint density at radius 2 is 1.81 bits per heavy atom. The summed E-state index contributed by atoms with van der Waals surface area (Å²) in [5.74, 6) is -0.613. The third kappa shape index (κ3) is 4.35. The summed E-state index contributed by atoms with van der Waals surface area (Å²) in [6, 6.07) is 15.4. The molecule has 3 rings (SSSR count). The Bertz CT molecular complexity index is 961. The van der Waals surface area contributed by atoms with E-state index >= 15 is 0 Å². The number of rotatable bonds is 4. The zero-order valence-electron chi connectivity index (χ0n) is 15.1. The van der Waals surface area contributed by atoms with Crippen molar-refractivity contribution in [1.29, 1.82) is 5.26 Å². The van der Waals surface area contributed by atoms with Crippen LogP contribution in [0, 0.1) is 24.2 Å². The van der Waals surface area contributed by atoms with Gasteiger partial charge < -0.3 is 5.32 Å². The molecule has 27 heavy (non-hydrogen) atoms. The normalized spacial score (nSPS) is 17.9. The molecule has 1 aliphatic heterocycles. The van der Waals surface area contributed by atoms with E-state index in [1.54, 1.807) is 48.5 Å². The van der Waals surface area contributed by atoms with Gasteiger partial charge in [-0.25, -0.2) is 8.42 Å². The Morgan fingerprint density at radius 3 is 2.44 bits per heavy atom. The van der Waals surface area contributed by atoms with Crippen LogP contribution < -0.4 is 5.32 Å². The second-order valence-corrected chi connectivity index (χ2v) is 8.63. The van der Waals surface area contributed by atoms with E-state index in [0.717, 1.165) is 5.56 Å². The van der Waals surface area contributed by atoms with Gasteiger partial charge in [-0.2, -0.15) is 9.57 Å². The molecule has 6 nitrogen and oxygen atoms in total. The minimum absolute atomic E-state index is 0.165. The molecule has 2 aromatic carbocycles. The third-order valence-electron chi connectivity index (χ3n) is 4.70. The summed E-state index contributed by atoms with van der Waals surface area (Å²) < 4.78 is 27.1. The van der Waals surface area contributed by atoms with E-state index in [1.165, 1.54) is 4.31 Å². The van der Waals surface area contributed by atoms with Gasteiger partial charge in [-0.05, 0) is 56.2 Å². The summed E-state index contributed by atoms with van der Waals surface area (Å²) in [7, 11) is -3.61. The van der Waals surface area contributed by atoms with Gasteiger partial charge in [0.15, 0.2) is 0 Å². The van der Waals surface area contributed by atoms with Crippen molar-refractivity contribution in [2.45, 2.75) is 24.7 Å². The lowest BCUT2D eigenvalue weighted by Crippen LogP contribution is -2.43. The van der Waals surface area contributed by atoms with Crippen molar-refractivity contribution in [1.82, 2.24) is 4.31 Å². The number of piperidine rings is 1. The van der Waals surface area contributed by atoms with E-state index in [4.69, 9.17) is 5.26 Å². The number of nitriles is 1. The number of hydrogen-bond donors (Lipinski definition) is 1. The van der Waals surface area contributed by atoms with Crippen molar-refractivity contribution in [2.24, 2.45) is 5.92 Å². The van der Waals surface area contributed by atoms with Crippen molar-refractivity contribution in [3.05, 3.63) is 59.7 Å². The first-order chi connectivity index (χ1) is 12.9. The number of carbonyl (C=O) groups is 1. The van der Waals surface area contributed by atoms with Crippen molar-refractivity contribution >= 4 is 21.6 Å². The van der Waals surface area contributed by atoms with E-state index in [2.05, 4.69) is 5.32 Å². The number of amides is 1. The van der Waals surface area contributed by atoms with E-state index in [9.17, 15) is 13.2 Å². The quantitative estimate of drug-likeness (QED) is 0.879. The van der Waals surface area contributed by atoms with Crippen LogP contribution >= 0.6 is 0 Å². The number of anilines is 1. The van der Waals surface area contributed by atoms with Gasteiger partial charge in [0.1, 0.15) is 0 Å². The fourth-order valence-electron chi connectivity index (χ4n) is 3.11. The highest BCUT2D eigenvalue weighted by Gasteiger charge is 2.33. The van der Waals surface area contributed by atoms with Gasteiger partial charge in [0.2, 0.25) is 15.9 Å². The highest BCUT2D eigenvalue weighted by Crippen LogP contribution is 2.25. The lowest BCUT2D eigenvalue weighted by Gasteiger charge is -2.31. The van der Waals surface area contributed by atoms with E-state index in [1.807, 2.05) is 13.0 Å². The molecule has 1 fully saturated rings. The van der Waals surface area contributed by atoms with Crippen LogP contribution in [0.25, 0.3) is 0 Å². The third-order valence-corrected chi connectivity index (χ3v) is 6.57. The summed E-state index contributed by atoms with van der Waals surface area (Å²) in [5.41, 5.74) is 2.10. The molecule has 0 radical (unpaired) electrons. The number of benzene rings is 2. The smallest absolute Gasteiger partial charge is 0.243 e. The number of hydrogen-bond acceptors (Lipinski definition) is 4. The Morgan fingerprint density at radius 1 is 1.15 bits per heavy atom. The van der Waals surface area contributed by atoms with Crippen LogP contribution in [0.1, 0.15) is 24.0 Å². The second-order valence-electron chi connectivity index (χ2n) is 6.69. The Hall–Kier alpha value is -2.69. The van der Waals surface area contributed by atoms with Crippen molar-refractivity contribution in [2.75, 3.05) is 18.4 Å². The Labute approximate surface area is 159 Å². The summed E-state index contributed by atoms with van der Waals surface area (Å²) >= 11 is 0. The molecule has 0 aromatic heterocycles. The zero-order valence-corrected chi connectivity index (χ0v) is 15.9. The molecule has 1 aliphatic rings. The van der Waals surface area contributed by atoms with Gasteiger partial charge in [-0.1, -0.05) is 17.7 Å². The van der Waals surface area contributed by atoms with Crippen molar-refractivity contribution in [3.63, 3.8) is 0 Å². The summed E-state index contributed by atoms with van der Waals surface area (Å²) in [6.07, 6.45) is 1.28. The standard InChI is InChI=1S/C20H21N3O3S/c1-15-4-10-19(11-5-15)27(25,26)23-12-2-3-17(14-23)20(24)22-18-8-6-16(13-21)7-9-18/h4-11,17H,2-3,12,14H2,1H3,(H,22,24). The maximum Gasteiger partial charge on any atom is 0.243 e. The molecule has 1 N–H and O–H groups in total. The molecule has 0 spiro atoms. The summed E-state index contributed by atoms with van der Waals surface area (Å²) in [5, 5.41) is 11.6. The lowest BCUT2D eigenvalue weighted by molar-refractivity contribution is -0.120. The SMILES string of the molecule is Cc1ccc(S(=O)(=O)N2CCCC(C(=O)Nc3ccc(C#N)cc3)C2)cc1. The predicted octanol–water partition coefficient (Wildman–Crippen LogP) is 2.91. The number of aryl methyl sites for hydroxylation is 1. The molecular formula is C20H21N3O3S. The number of nitrogens with one attached hydrogen (secondary N) is 1. The average Bonchev–Trinajstić information content (AvgIpc) is 2.69. The Kier molecular flexibility index (Phi) is 5.59.